The van der Waals surface area contributed by atoms with E-state index in [-0.39, 0.29) is 17.4 Å². The molecular weight excluding hydrogens is 386 g/mol. The molecule has 0 amide bonds. The number of fused-ring (bicyclic) bond motifs is 1. The smallest absolute Gasteiger partial charge is 0.194 e. The van der Waals surface area contributed by atoms with E-state index in [1.54, 1.807) is 30.3 Å². The maximum absolute atomic E-state index is 13.3. The third kappa shape index (κ3) is 2.72. The van der Waals surface area contributed by atoms with Gasteiger partial charge in [0.15, 0.2) is 5.78 Å². The van der Waals surface area contributed by atoms with Crippen molar-refractivity contribution in [3.05, 3.63) is 105 Å². The van der Waals surface area contributed by atoms with Gasteiger partial charge in [-0.1, -0.05) is 40.2 Å². The van der Waals surface area contributed by atoms with Gasteiger partial charge in [-0.15, -0.1) is 0 Å². The first-order valence-electron chi connectivity index (χ1n) is 7.65. The lowest BCUT2D eigenvalue weighted by Crippen LogP contribution is -1.98. The molecule has 0 atom stereocenters. The summed E-state index contributed by atoms with van der Waals surface area (Å²) in [6, 6.07) is 17.3. The number of allylic oxidation sites excluding steroid dienone is 1. The number of benzene rings is 3. The van der Waals surface area contributed by atoms with Crippen LogP contribution < -0.4 is 0 Å². The minimum Gasteiger partial charge on any atom is -0.289 e. The van der Waals surface area contributed by atoms with Gasteiger partial charge in [-0.25, -0.2) is 8.78 Å². The summed E-state index contributed by atoms with van der Waals surface area (Å²) in [7, 11) is 0. The second kappa shape index (κ2) is 6.05. The van der Waals surface area contributed by atoms with Gasteiger partial charge in [0.1, 0.15) is 11.6 Å². The van der Waals surface area contributed by atoms with Gasteiger partial charge < -0.3 is 0 Å². The Morgan fingerprint density at radius 3 is 1.72 bits per heavy atom. The predicted molar refractivity (Wildman–Crippen MR) is 97.2 cm³/mol. The van der Waals surface area contributed by atoms with Crippen molar-refractivity contribution in [2.75, 3.05) is 0 Å². The predicted octanol–water partition coefficient (Wildman–Crippen LogP) is 5.88. The highest BCUT2D eigenvalue weighted by Crippen LogP contribution is 2.43. The summed E-state index contributed by atoms with van der Waals surface area (Å²) in [5.74, 6) is -0.821. The van der Waals surface area contributed by atoms with Crippen LogP contribution in [0.15, 0.2) is 71.2 Å². The van der Waals surface area contributed by atoms with E-state index in [0.29, 0.717) is 16.7 Å². The first-order valence-corrected chi connectivity index (χ1v) is 8.44. The Morgan fingerprint density at radius 2 is 1.16 bits per heavy atom. The third-order valence-corrected chi connectivity index (χ3v) is 4.73. The van der Waals surface area contributed by atoms with Crippen LogP contribution in [-0.2, 0) is 0 Å². The number of ketones is 1. The Morgan fingerprint density at radius 1 is 0.640 bits per heavy atom. The van der Waals surface area contributed by atoms with Crippen molar-refractivity contribution in [3.8, 4) is 0 Å². The Kier molecular flexibility index (Phi) is 3.85. The van der Waals surface area contributed by atoms with E-state index in [9.17, 15) is 13.6 Å². The minimum absolute atomic E-state index is 0.117. The van der Waals surface area contributed by atoms with E-state index < -0.39 is 0 Å². The molecule has 0 heterocycles. The lowest BCUT2D eigenvalue weighted by Gasteiger charge is -2.09. The molecule has 0 radical (unpaired) electrons. The van der Waals surface area contributed by atoms with Gasteiger partial charge in [0, 0.05) is 21.2 Å². The van der Waals surface area contributed by atoms with Crippen molar-refractivity contribution in [2.45, 2.75) is 0 Å². The van der Waals surface area contributed by atoms with Crippen molar-refractivity contribution < 1.29 is 13.6 Å². The van der Waals surface area contributed by atoms with E-state index >= 15 is 0 Å². The fourth-order valence-electron chi connectivity index (χ4n) is 3.11. The number of Topliss-reactive ketones (excluding diaryl/α,β-unsaturated/α-hetero) is 1. The van der Waals surface area contributed by atoms with E-state index in [0.717, 1.165) is 21.2 Å². The summed E-state index contributed by atoms with van der Waals surface area (Å²) >= 11 is 3.44. The molecule has 0 saturated carbocycles. The van der Waals surface area contributed by atoms with Gasteiger partial charge in [-0.05, 0) is 59.2 Å². The van der Waals surface area contributed by atoms with Crippen LogP contribution in [0.2, 0.25) is 0 Å². The lowest BCUT2D eigenvalue weighted by atomic mass is 9.94. The second-order valence-corrected chi connectivity index (χ2v) is 6.70. The number of halogens is 3. The lowest BCUT2D eigenvalue weighted by molar-refractivity contribution is 0.105. The number of hydrogen-bond donors (Lipinski definition) is 0. The second-order valence-electron chi connectivity index (χ2n) is 5.78. The maximum Gasteiger partial charge on any atom is 0.194 e. The monoisotopic (exact) mass is 396 g/mol. The first-order chi connectivity index (χ1) is 12.0. The summed E-state index contributed by atoms with van der Waals surface area (Å²) < 4.78 is 27.5. The molecule has 0 bridgehead atoms. The molecule has 25 heavy (non-hydrogen) atoms. The molecule has 0 aliphatic heterocycles. The molecule has 0 N–H and O–H groups in total. The average molecular weight is 397 g/mol. The van der Waals surface area contributed by atoms with Gasteiger partial charge in [0.05, 0.1) is 0 Å². The summed E-state index contributed by atoms with van der Waals surface area (Å²) in [4.78, 5) is 13.0. The Balaban J connectivity index is 2.02. The fraction of sp³-hybridized carbons (Fsp3) is 0. The number of carbonyl (C=O) groups excluding carboxylic acids is 1. The molecule has 1 nitrogen and oxygen atoms in total. The van der Waals surface area contributed by atoms with Crippen molar-refractivity contribution in [3.63, 3.8) is 0 Å². The molecule has 3 aromatic carbocycles. The molecule has 4 rings (SSSR count). The average Bonchev–Trinajstić information content (AvgIpc) is 2.88. The molecule has 0 aromatic heterocycles. The zero-order valence-corrected chi connectivity index (χ0v) is 14.5. The van der Waals surface area contributed by atoms with Gasteiger partial charge in [-0.2, -0.15) is 0 Å². The van der Waals surface area contributed by atoms with Gasteiger partial charge >= 0.3 is 0 Å². The first kappa shape index (κ1) is 15.9. The Bertz CT molecular complexity index is 1020. The van der Waals surface area contributed by atoms with E-state index in [4.69, 9.17) is 0 Å². The van der Waals surface area contributed by atoms with Gasteiger partial charge in [0.2, 0.25) is 0 Å². The summed E-state index contributed by atoms with van der Waals surface area (Å²) in [5.41, 5.74) is 3.98. The van der Waals surface area contributed by atoms with Crippen LogP contribution in [-0.4, -0.2) is 5.78 Å². The van der Waals surface area contributed by atoms with Crippen LogP contribution in [0, 0.1) is 11.6 Å². The van der Waals surface area contributed by atoms with Crippen molar-refractivity contribution in [1.82, 2.24) is 0 Å². The summed E-state index contributed by atoms with van der Waals surface area (Å²) in [6.45, 7) is 0. The van der Waals surface area contributed by atoms with Gasteiger partial charge in [0.25, 0.3) is 0 Å². The number of rotatable bonds is 2. The molecule has 0 unspecified atom stereocenters. The van der Waals surface area contributed by atoms with Crippen molar-refractivity contribution in [2.24, 2.45) is 0 Å². The van der Waals surface area contributed by atoms with Crippen LogP contribution in [0.1, 0.15) is 27.0 Å². The van der Waals surface area contributed by atoms with Crippen LogP contribution in [0.3, 0.4) is 0 Å². The fourth-order valence-corrected chi connectivity index (χ4v) is 3.47. The van der Waals surface area contributed by atoms with E-state index in [1.807, 2.05) is 12.1 Å². The highest BCUT2D eigenvalue weighted by Gasteiger charge is 2.31. The molecule has 4 heteroatoms. The molecule has 3 aromatic rings. The quantitative estimate of drug-likeness (QED) is 0.528. The Hall–Kier alpha value is -2.59. The molecule has 0 fully saturated rings. The van der Waals surface area contributed by atoms with E-state index in [1.165, 1.54) is 24.3 Å². The maximum atomic E-state index is 13.3. The van der Waals surface area contributed by atoms with Crippen LogP contribution in [0.4, 0.5) is 8.78 Å². The van der Waals surface area contributed by atoms with Crippen LogP contribution >= 0.6 is 15.9 Å². The van der Waals surface area contributed by atoms with E-state index in [2.05, 4.69) is 15.9 Å². The topological polar surface area (TPSA) is 17.1 Å². The van der Waals surface area contributed by atoms with Crippen molar-refractivity contribution >= 4 is 32.9 Å². The minimum atomic E-state index is -0.363. The summed E-state index contributed by atoms with van der Waals surface area (Å²) in [6.07, 6.45) is 0. The highest BCUT2D eigenvalue weighted by atomic mass is 79.9. The summed E-state index contributed by atoms with van der Waals surface area (Å²) in [5, 5.41) is 0. The SMILES string of the molecule is O=C1C(c2ccc(F)cc2)=C(c2ccc(F)cc2)c2cc(Br)ccc21. The molecule has 0 saturated heterocycles. The molecule has 1 aliphatic rings. The third-order valence-electron chi connectivity index (χ3n) is 4.24. The van der Waals surface area contributed by atoms with Crippen LogP contribution in [0.5, 0.6) is 0 Å². The molecular formula is C21H11BrF2O. The van der Waals surface area contributed by atoms with Crippen molar-refractivity contribution in [1.29, 1.82) is 0 Å². The molecule has 0 spiro atoms. The molecule has 1 aliphatic carbocycles. The van der Waals surface area contributed by atoms with Crippen LogP contribution in [0.25, 0.3) is 11.1 Å². The number of carbonyl (C=O) groups is 1. The number of hydrogen-bond acceptors (Lipinski definition) is 1. The normalized spacial score (nSPS) is 13.3. The molecule has 122 valence electrons. The zero-order chi connectivity index (χ0) is 17.6. The highest BCUT2D eigenvalue weighted by molar-refractivity contribution is 9.10. The largest absolute Gasteiger partial charge is 0.289 e. The van der Waals surface area contributed by atoms with Gasteiger partial charge in [-0.3, -0.25) is 4.79 Å². The zero-order valence-electron chi connectivity index (χ0n) is 12.9. The standard InChI is InChI=1S/C21H11BrF2O/c22-14-5-10-17-18(11-14)19(12-1-6-15(23)7-2-12)20(21(17)25)13-3-8-16(24)9-4-13/h1-11H. The Labute approximate surface area is 151 Å².